The first-order valence-corrected chi connectivity index (χ1v) is 7.15. The Balaban J connectivity index is 2.08. The van der Waals surface area contributed by atoms with Gasteiger partial charge in [-0.15, -0.1) is 11.3 Å². The van der Waals surface area contributed by atoms with Gasteiger partial charge in [-0.05, 0) is 35.4 Å². The summed E-state index contributed by atoms with van der Waals surface area (Å²) in [5.41, 5.74) is 7.72. The Bertz CT molecular complexity index is 520. The van der Waals surface area contributed by atoms with Gasteiger partial charge in [0.1, 0.15) is 0 Å². The molecule has 0 aliphatic carbocycles. The molecular weight excluding hydrogens is 228 g/mol. The molecule has 3 heteroatoms. The van der Waals surface area contributed by atoms with Gasteiger partial charge in [-0.25, -0.2) is 0 Å². The minimum atomic E-state index is 0.285. The highest BCUT2D eigenvalue weighted by molar-refractivity contribution is 7.17. The van der Waals surface area contributed by atoms with Crippen LogP contribution >= 0.6 is 11.3 Å². The van der Waals surface area contributed by atoms with Crippen molar-refractivity contribution >= 4 is 21.4 Å². The van der Waals surface area contributed by atoms with Crippen LogP contribution in [-0.2, 0) is 0 Å². The van der Waals surface area contributed by atoms with Gasteiger partial charge in [0.2, 0.25) is 0 Å². The summed E-state index contributed by atoms with van der Waals surface area (Å²) in [6.45, 7) is 4.44. The van der Waals surface area contributed by atoms with E-state index < -0.39 is 0 Å². The van der Waals surface area contributed by atoms with Crippen LogP contribution in [0, 0.1) is 0 Å². The van der Waals surface area contributed by atoms with Crippen LogP contribution in [0.4, 0.5) is 0 Å². The highest BCUT2D eigenvalue weighted by Crippen LogP contribution is 2.37. The Morgan fingerprint density at radius 2 is 2.24 bits per heavy atom. The minimum absolute atomic E-state index is 0.285. The topological polar surface area (TPSA) is 29.3 Å². The molecule has 2 atom stereocenters. The predicted octanol–water partition coefficient (Wildman–Crippen LogP) is 3.00. The third-order valence-corrected chi connectivity index (χ3v) is 4.77. The third kappa shape index (κ3) is 1.79. The lowest BCUT2D eigenvalue weighted by Crippen LogP contribution is -2.31. The van der Waals surface area contributed by atoms with Crippen LogP contribution in [0.1, 0.15) is 24.9 Å². The summed E-state index contributed by atoms with van der Waals surface area (Å²) in [7, 11) is 0. The molecule has 1 saturated heterocycles. The maximum absolute atomic E-state index is 6.29. The molecule has 2 nitrogen and oxygen atoms in total. The quantitative estimate of drug-likeness (QED) is 0.882. The van der Waals surface area contributed by atoms with Gasteiger partial charge in [-0.1, -0.05) is 25.1 Å². The van der Waals surface area contributed by atoms with Gasteiger partial charge in [-0.3, -0.25) is 4.90 Å². The molecule has 1 aliphatic heterocycles. The molecule has 2 N–H and O–H groups in total. The average molecular weight is 246 g/mol. The zero-order valence-electron chi connectivity index (χ0n) is 10.1. The van der Waals surface area contributed by atoms with Crippen molar-refractivity contribution in [2.75, 3.05) is 13.1 Å². The number of fused-ring (bicyclic) bond motifs is 1. The number of benzene rings is 1. The van der Waals surface area contributed by atoms with Crippen LogP contribution < -0.4 is 5.73 Å². The van der Waals surface area contributed by atoms with E-state index in [2.05, 4.69) is 41.5 Å². The number of hydrogen-bond acceptors (Lipinski definition) is 3. The molecule has 0 bridgehead atoms. The van der Waals surface area contributed by atoms with Crippen LogP contribution in [0.15, 0.2) is 29.6 Å². The fourth-order valence-electron chi connectivity index (χ4n) is 2.89. The van der Waals surface area contributed by atoms with Crippen molar-refractivity contribution in [2.24, 2.45) is 5.73 Å². The van der Waals surface area contributed by atoms with Gasteiger partial charge in [0, 0.05) is 17.3 Å². The molecule has 90 valence electrons. The second kappa shape index (κ2) is 4.41. The van der Waals surface area contributed by atoms with Crippen molar-refractivity contribution in [3.05, 3.63) is 35.2 Å². The molecule has 1 aromatic carbocycles. The SMILES string of the molecule is CCN1CCC(N)C1c1csc2ccccc12. The molecule has 0 radical (unpaired) electrons. The van der Waals surface area contributed by atoms with Crippen LogP contribution in [0.3, 0.4) is 0 Å². The Morgan fingerprint density at radius 3 is 3.06 bits per heavy atom. The molecule has 3 rings (SSSR count). The number of nitrogens with two attached hydrogens (primary N) is 1. The van der Waals surface area contributed by atoms with E-state index in [0.29, 0.717) is 6.04 Å². The average Bonchev–Trinajstić information content (AvgIpc) is 2.92. The summed E-state index contributed by atoms with van der Waals surface area (Å²) in [6, 6.07) is 9.34. The lowest BCUT2D eigenvalue weighted by Gasteiger charge is -2.25. The van der Waals surface area contributed by atoms with E-state index >= 15 is 0 Å². The van der Waals surface area contributed by atoms with Crippen LogP contribution in [0.2, 0.25) is 0 Å². The van der Waals surface area contributed by atoms with Crippen molar-refractivity contribution in [3.8, 4) is 0 Å². The number of thiophene rings is 1. The molecule has 1 aliphatic rings. The highest BCUT2D eigenvalue weighted by Gasteiger charge is 2.33. The largest absolute Gasteiger partial charge is 0.326 e. The maximum Gasteiger partial charge on any atom is 0.0513 e. The monoisotopic (exact) mass is 246 g/mol. The fraction of sp³-hybridized carbons (Fsp3) is 0.429. The summed E-state index contributed by atoms with van der Waals surface area (Å²) in [5.74, 6) is 0. The highest BCUT2D eigenvalue weighted by atomic mass is 32.1. The van der Waals surface area contributed by atoms with E-state index in [4.69, 9.17) is 5.73 Å². The van der Waals surface area contributed by atoms with Crippen molar-refractivity contribution in [1.82, 2.24) is 4.90 Å². The normalized spacial score (nSPS) is 25.8. The third-order valence-electron chi connectivity index (χ3n) is 3.78. The molecule has 0 spiro atoms. The number of likely N-dealkylation sites (N-methyl/N-ethyl adjacent to an activating group) is 1. The van der Waals surface area contributed by atoms with E-state index in [1.807, 2.05) is 11.3 Å². The van der Waals surface area contributed by atoms with E-state index in [1.54, 1.807) is 0 Å². The summed E-state index contributed by atoms with van der Waals surface area (Å²) in [5, 5.41) is 3.68. The van der Waals surface area contributed by atoms with Crippen molar-refractivity contribution in [1.29, 1.82) is 0 Å². The van der Waals surface area contributed by atoms with Gasteiger partial charge >= 0.3 is 0 Å². The number of rotatable bonds is 2. The predicted molar refractivity (Wildman–Crippen MR) is 74.4 cm³/mol. The lowest BCUT2D eigenvalue weighted by atomic mass is 10.0. The molecule has 0 amide bonds. The molecule has 17 heavy (non-hydrogen) atoms. The fourth-order valence-corrected chi connectivity index (χ4v) is 3.88. The lowest BCUT2D eigenvalue weighted by molar-refractivity contribution is 0.263. The molecule has 2 heterocycles. The second-order valence-electron chi connectivity index (χ2n) is 4.71. The van der Waals surface area contributed by atoms with Crippen molar-refractivity contribution in [2.45, 2.75) is 25.4 Å². The Morgan fingerprint density at radius 1 is 1.41 bits per heavy atom. The first-order chi connectivity index (χ1) is 8.31. The number of hydrogen-bond donors (Lipinski definition) is 1. The smallest absolute Gasteiger partial charge is 0.0513 e. The van der Waals surface area contributed by atoms with Crippen molar-refractivity contribution < 1.29 is 0 Å². The van der Waals surface area contributed by atoms with Crippen LogP contribution in [-0.4, -0.2) is 24.0 Å². The number of nitrogens with zero attached hydrogens (tertiary/aromatic N) is 1. The van der Waals surface area contributed by atoms with Gasteiger partial charge in [0.15, 0.2) is 0 Å². The second-order valence-corrected chi connectivity index (χ2v) is 5.62. The molecular formula is C14H18N2S. The first-order valence-electron chi connectivity index (χ1n) is 6.27. The zero-order valence-corrected chi connectivity index (χ0v) is 10.9. The van der Waals surface area contributed by atoms with Gasteiger partial charge in [-0.2, -0.15) is 0 Å². The maximum atomic E-state index is 6.29. The first kappa shape index (κ1) is 11.2. The Kier molecular flexibility index (Phi) is 2.90. The van der Waals surface area contributed by atoms with Crippen molar-refractivity contribution in [3.63, 3.8) is 0 Å². The summed E-state index contributed by atoms with van der Waals surface area (Å²) >= 11 is 1.83. The molecule has 2 aromatic rings. The van der Waals surface area contributed by atoms with Gasteiger partial charge in [0.25, 0.3) is 0 Å². The van der Waals surface area contributed by atoms with Gasteiger partial charge < -0.3 is 5.73 Å². The molecule has 1 fully saturated rings. The summed E-state index contributed by atoms with van der Waals surface area (Å²) in [6.07, 6.45) is 1.11. The van der Waals surface area contributed by atoms with Crippen LogP contribution in [0.5, 0.6) is 0 Å². The molecule has 0 saturated carbocycles. The summed E-state index contributed by atoms with van der Waals surface area (Å²) in [4.78, 5) is 2.50. The van der Waals surface area contributed by atoms with Gasteiger partial charge in [0.05, 0.1) is 6.04 Å². The van der Waals surface area contributed by atoms with E-state index in [0.717, 1.165) is 19.5 Å². The Labute approximate surface area is 106 Å². The number of likely N-dealkylation sites (tertiary alicyclic amines) is 1. The Hall–Kier alpha value is -0.900. The van der Waals surface area contributed by atoms with Crippen LogP contribution in [0.25, 0.3) is 10.1 Å². The zero-order chi connectivity index (χ0) is 11.8. The summed E-state index contributed by atoms with van der Waals surface area (Å²) < 4.78 is 1.37. The molecule has 1 aromatic heterocycles. The van der Waals surface area contributed by atoms with E-state index in [1.165, 1.54) is 15.6 Å². The van der Waals surface area contributed by atoms with E-state index in [9.17, 15) is 0 Å². The van der Waals surface area contributed by atoms with E-state index in [-0.39, 0.29) is 6.04 Å². The molecule has 2 unspecified atom stereocenters. The standard InChI is InChI=1S/C14H18N2S/c1-2-16-8-7-12(15)14(16)11-9-17-13-6-4-3-5-10(11)13/h3-6,9,12,14H,2,7-8,15H2,1H3. The minimum Gasteiger partial charge on any atom is -0.326 e.